The standard InChI is InChI=1S/2C9H7N.2C5H12/c1-2-6-9-8(4-1)5-3-7-10-9;1-2-4-9-7-10-6-5-8(9)3-1;2*1-5(2,3)4/h2*1-7H;2*1-4H3. The first-order valence-corrected chi connectivity index (χ1v) is 10.5. The molecule has 2 aromatic carbocycles. The summed E-state index contributed by atoms with van der Waals surface area (Å²) in [6.45, 7) is 17.5. The predicted molar refractivity (Wildman–Crippen MR) is 134 cm³/mol. The molecule has 2 heterocycles. The van der Waals surface area contributed by atoms with E-state index in [0.29, 0.717) is 10.8 Å². The van der Waals surface area contributed by atoms with E-state index in [0.717, 1.165) is 5.52 Å². The number of hydrogen-bond donors (Lipinski definition) is 0. The van der Waals surface area contributed by atoms with Crippen molar-refractivity contribution < 1.29 is 0 Å². The lowest BCUT2D eigenvalue weighted by atomic mass is 10.0. The largest absolute Gasteiger partial charge is 0.264 e. The fraction of sp³-hybridized carbons (Fsp3) is 0.357. The second-order valence-corrected chi connectivity index (χ2v) is 10.4. The Hall–Kier alpha value is -2.74. The average Bonchev–Trinajstić information content (AvgIpc) is 2.66. The molecule has 2 heteroatoms. The Morgan fingerprint density at radius 2 is 0.967 bits per heavy atom. The highest BCUT2D eigenvalue weighted by Gasteiger charge is 1.96. The molecule has 2 nitrogen and oxygen atoms in total. The third-order valence-corrected chi connectivity index (χ3v) is 3.06. The van der Waals surface area contributed by atoms with Crippen LogP contribution >= 0.6 is 0 Å². The summed E-state index contributed by atoms with van der Waals surface area (Å²) in [5.74, 6) is 0. The van der Waals surface area contributed by atoms with Gasteiger partial charge in [0.25, 0.3) is 0 Å². The van der Waals surface area contributed by atoms with Crippen molar-refractivity contribution >= 4 is 21.7 Å². The van der Waals surface area contributed by atoms with Crippen molar-refractivity contribution in [1.29, 1.82) is 0 Å². The van der Waals surface area contributed by atoms with Gasteiger partial charge in [0.2, 0.25) is 0 Å². The first-order chi connectivity index (χ1) is 13.9. The molecule has 0 bridgehead atoms. The fourth-order valence-electron chi connectivity index (χ4n) is 2.04. The maximum Gasteiger partial charge on any atom is 0.0701 e. The van der Waals surface area contributed by atoms with Crippen LogP contribution in [0.2, 0.25) is 0 Å². The third kappa shape index (κ3) is 13.4. The van der Waals surface area contributed by atoms with E-state index in [4.69, 9.17) is 0 Å². The highest BCUT2D eigenvalue weighted by molar-refractivity contribution is 5.81. The maximum absolute atomic E-state index is 4.18. The number of benzene rings is 2. The van der Waals surface area contributed by atoms with Crippen molar-refractivity contribution in [3.63, 3.8) is 0 Å². The molecule has 0 saturated carbocycles. The molecular weight excluding hydrogens is 364 g/mol. The van der Waals surface area contributed by atoms with Crippen LogP contribution in [0.25, 0.3) is 21.7 Å². The molecule has 0 fully saturated rings. The smallest absolute Gasteiger partial charge is 0.0701 e. The van der Waals surface area contributed by atoms with E-state index < -0.39 is 0 Å². The van der Waals surface area contributed by atoms with Crippen LogP contribution in [0.15, 0.2) is 85.3 Å². The maximum atomic E-state index is 4.18. The molecule has 30 heavy (non-hydrogen) atoms. The van der Waals surface area contributed by atoms with E-state index in [2.05, 4.69) is 89.6 Å². The molecule has 0 aliphatic heterocycles. The lowest BCUT2D eigenvalue weighted by molar-refractivity contribution is 0.469. The van der Waals surface area contributed by atoms with Crippen LogP contribution < -0.4 is 0 Å². The Bertz CT molecular complexity index is 766. The van der Waals surface area contributed by atoms with Gasteiger partial charge < -0.3 is 0 Å². The number of pyridine rings is 2. The summed E-state index contributed by atoms with van der Waals surface area (Å²) in [6, 6.07) is 22.3. The second-order valence-electron chi connectivity index (χ2n) is 10.4. The minimum atomic E-state index is 0.500. The van der Waals surface area contributed by atoms with Crippen molar-refractivity contribution in [2.24, 2.45) is 10.8 Å². The van der Waals surface area contributed by atoms with Gasteiger partial charge >= 0.3 is 0 Å². The molecule has 0 unspecified atom stereocenters. The normalized spacial score (nSPS) is 10.7. The van der Waals surface area contributed by atoms with Crippen LogP contribution in [0.4, 0.5) is 0 Å². The summed E-state index contributed by atoms with van der Waals surface area (Å²) in [6.07, 6.45) is 5.49. The lowest BCUT2D eigenvalue weighted by Gasteiger charge is -2.05. The summed E-state index contributed by atoms with van der Waals surface area (Å²) in [7, 11) is 0. The molecule has 4 aromatic rings. The van der Waals surface area contributed by atoms with E-state index in [1.165, 1.54) is 16.2 Å². The van der Waals surface area contributed by atoms with E-state index >= 15 is 0 Å². The molecule has 0 spiro atoms. The summed E-state index contributed by atoms with van der Waals surface area (Å²) in [4.78, 5) is 8.19. The van der Waals surface area contributed by atoms with Gasteiger partial charge in [-0.1, -0.05) is 104 Å². The second kappa shape index (κ2) is 12.1. The molecule has 0 amide bonds. The molecule has 4 rings (SSSR count). The zero-order chi connectivity index (χ0) is 22.6. The first-order valence-electron chi connectivity index (χ1n) is 10.5. The number of fused-ring (bicyclic) bond motifs is 2. The predicted octanol–water partition coefficient (Wildman–Crippen LogP) is 8.57. The van der Waals surface area contributed by atoms with Crippen molar-refractivity contribution in [2.45, 2.75) is 55.4 Å². The van der Waals surface area contributed by atoms with Gasteiger partial charge in [-0.3, -0.25) is 9.97 Å². The Balaban J connectivity index is 0.000000213. The van der Waals surface area contributed by atoms with Crippen LogP contribution in [-0.4, -0.2) is 9.97 Å². The van der Waals surface area contributed by atoms with Gasteiger partial charge in [0, 0.05) is 24.0 Å². The molecule has 0 saturated heterocycles. The van der Waals surface area contributed by atoms with Crippen molar-refractivity contribution in [1.82, 2.24) is 9.97 Å². The monoisotopic (exact) mass is 402 g/mol. The van der Waals surface area contributed by atoms with Crippen molar-refractivity contribution in [3.8, 4) is 0 Å². The number of para-hydroxylation sites is 1. The summed E-state index contributed by atoms with van der Waals surface area (Å²) >= 11 is 0. The minimum absolute atomic E-state index is 0.500. The van der Waals surface area contributed by atoms with Gasteiger partial charge in [-0.2, -0.15) is 0 Å². The molecule has 0 N–H and O–H groups in total. The Labute approximate surface area is 183 Å². The van der Waals surface area contributed by atoms with Gasteiger partial charge in [0.1, 0.15) is 0 Å². The Morgan fingerprint density at radius 3 is 1.50 bits per heavy atom. The Morgan fingerprint density at radius 1 is 0.500 bits per heavy atom. The lowest BCUT2D eigenvalue weighted by Crippen LogP contribution is -1.93. The van der Waals surface area contributed by atoms with E-state index in [1.54, 1.807) is 0 Å². The third-order valence-electron chi connectivity index (χ3n) is 3.06. The molecule has 2 aromatic heterocycles. The van der Waals surface area contributed by atoms with E-state index in [9.17, 15) is 0 Å². The zero-order valence-corrected chi connectivity index (χ0v) is 20.0. The van der Waals surface area contributed by atoms with Crippen LogP contribution in [-0.2, 0) is 0 Å². The van der Waals surface area contributed by atoms with E-state index in [-0.39, 0.29) is 0 Å². The highest BCUT2D eigenvalue weighted by Crippen LogP contribution is 2.10. The van der Waals surface area contributed by atoms with Crippen LogP contribution in [0.1, 0.15) is 55.4 Å². The van der Waals surface area contributed by atoms with Gasteiger partial charge in [0.05, 0.1) is 5.52 Å². The fourth-order valence-corrected chi connectivity index (χ4v) is 2.04. The topological polar surface area (TPSA) is 25.8 Å². The Kier molecular flexibility index (Phi) is 10.2. The number of hydrogen-bond acceptors (Lipinski definition) is 2. The quantitative estimate of drug-likeness (QED) is 0.294. The number of aromatic nitrogens is 2. The molecule has 0 aliphatic rings. The van der Waals surface area contributed by atoms with Crippen LogP contribution in [0.3, 0.4) is 0 Å². The minimum Gasteiger partial charge on any atom is -0.264 e. The molecular formula is C28H38N2. The average molecular weight is 403 g/mol. The number of nitrogens with zero attached hydrogens (tertiary/aromatic N) is 2. The summed E-state index contributed by atoms with van der Waals surface area (Å²) in [5.41, 5.74) is 2.06. The molecule has 0 aliphatic carbocycles. The number of rotatable bonds is 0. The van der Waals surface area contributed by atoms with Gasteiger partial charge in [-0.25, -0.2) is 0 Å². The molecule has 0 radical (unpaired) electrons. The first kappa shape index (κ1) is 25.3. The van der Waals surface area contributed by atoms with Gasteiger partial charge in [-0.15, -0.1) is 0 Å². The molecule has 160 valence electrons. The summed E-state index contributed by atoms with van der Waals surface area (Å²) < 4.78 is 0. The van der Waals surface area contributed by atoms with Crippen LogP contribution in [0.5, 0.6) is 0 Å². The zero-order valence-electron chi connectivity index (χ0n) is 20.0. The van der Waals surface area contributed by atoms with Crippen molar-refractivity contribution in [2.75, 3.05) is 0 Å². The van der Waals surface area contributed by atoms with Crippen LogP contribution in [0, 0.1) is 10.8 Å². The van der Waals surface area contributed by atoms with E-state index in [1.807, 2.05) is 61.1 Å². The van der Waals surface area contributed by atoms with Gasteiger partial charge in [0.15, 0.2) is 0 Å². The summed E-state index contributed by atoms with van der Waals surface area (Å²) in [5, 5.41) is 3.65. The molecule has 0 atom stereocenters. The van der Waals surface area contributed by atoms with Gasteiger partial charge in [-0.05, 0) is 39.8 Å². The highest BCUT2D eigenvalue weighted by atomic mass is 14.6. The van der Waals surface area contributed by atoms with Crippen molar-refractivity contribution in [3.05, 3.63) is 85.3 Å². The SMILES string of the molecule is CC(C)(C)C.CC(C)(C)C.c1ccc2cnccc2c1.c1ccc2ncccc2c1.